The zero-order chi connectivity index (χ0) is 20.2. The largest absolute Gasteiger partial charge is 0.205 e. The number of hydrogen-bond acceptors (Lipinski definition) is 3. The van der Waals surface area contributed by atoms with Gasteiger partial charge in [0.1, 0.15) is 11.6 Å². The van der Waals surface area contributed by atoms with Crippen molar-refractivity contribution < 1.29 is 8.78 Å². The SMILES string of the molecule is Fc1cc(-c2ccc(N=C=S)cc2)cc(F)c1C#Cc1ccc(C2=CCCC2)s1. The van der Waals surface area contributed by atoms with E-state index in [4.69, 9.17) is 0 Å². The molecule has 0 N–H and O–H groups in total. The minimum absolute atomic E-state index is 0.217. The van der Waals surface area contributed by atoms with Crippen LogP contribution in [-0.4, -0.2) is 5.16 Å². The predicted octanol–water partition coefficient (Wildman–Crippen LogP) is 7.39. The fraction of sp³-hybridized carbons (Fsp3) is 0.125. The molecule has 4 rings (SSSR count). The van der Waals surface area contributed by atoms with Crippen LogP contribution in [0.1, 0.15) is 34.6 Å². The number of isothiocyanates is 1. The van der Waals surface area contributed by atoms with E-state index in [1.54, 1.807) is 35.6 Å². The van der Waals surface area contributed by atoms with Crippen molar-refractivity contribution in [2.45, 2.75) is 19.3 Å². The lowest BCUT2D eigenvalue weighted by Crippen LogP contribution is -1.92. The first-order valence-electron chi connectivity index (χ1n) is 9.12. The summed E-state index contributed by atoms with van der Waals surface area (Å²) in [6.45, 7) is 0. The van der Waals surface area contributed by atoms with Crippen LogP contribution < -0.4 is 0 Å². The maximum absolute atomic E-state index is 14.6. The van der Waals surface area contributed by atoms with E-state index in [1.165, 1.54) is 29.0 Å². The molecule has 1 aliphatic carbocycles. The normalized spacial score (nSPS) is 12.7. The molecule has 0 aliphatic heterocycles. The second-order valence-electron chi connectivity index (χ2n) is 6.60. The average molecular weight is 420 g/mol. The first-order chi connectivity index (χ1) is 14.1. The van der Waals surface area contributed by atoms with Gasteiger partial charge < -0.3 is 0 Å². The van der Waals surface area contributed by atoms with Gasteiger partial charge in [-0.1, -0.05) is 30.0 Å². The van der Waals surface area contributed by atoms with Gasteiger partial charge >= 0.3 is 0 Å². The van der Waals surface area contributed by atoms with E-state index >= 15 is 0 Å². The van der Waals surface area contributed by atoms with Crippen LogP contribution in [0.25, 0.3) is 16.7 Å². The molecule has 2 aromatic carbocycles. The molecule has 0 saturated carbocycles. The molecular formula is C24H15F2NS2. The van der Waals surface area contributed by atoms with Crippen LogP contribution in [0.5, 0.6) is 0 Å². The minimum Gasteiger partial charge on any atom is -0.205 e. The quantitative estimate of drug-likeness (QED) is 0.245. The number of allylic oxidation sites excluding steroid dienone is 2. The lowest BCUT2D eigenvalue weighted by atomic mass is 10.0. The van der Waals surface area contributed by atoms with Gasteiger partial charge in [-0.3, -0.25) is 0 Å². The van der Waals surface area contributed by atoms with Crippen molar-refractivity contribution in [1.29, 1.82) is 0 Å². The molecule has 1 aromatic heterocycles. The Bertz CT molecular complexity index is 1180. The summed E-state index contributed by atoms with van der Waals surface area (Å²) in [5.74, 6) is 4.21. The van der Waals surface area contributed by atoms with Crippen molar-refractivity contribution in [2.75, 3.05) is 0 Å². The zero-order valence-corrected chi connectivity index (χ0v) is 17.0. The molecule has 3 aromatic rings. The Morgan fingerprint density at radius 3 is 2.34 bits per heavy atom. The molecule has 0 atom stereocenters. The highest BCUT2D eigenvalue weighted by Crippen LogP contribution is 2.32. The van der Waals surface area contributed by atoms with Gasteiger partial charge in [-0.25, -0.2) is 8.78 Å². The molecule has 0 fully saturated rings. The van der Waals surface area contributed by atoms with E-state index < -0.39 is 11.6 Å². The Kier molecular flexibility index (Phi) is 5.78. The third-order valence-electron chi connectivity index (χ3n) is 4.69. The molecule has 0 saturated heterocycles. The molecule has 1 aliphatic rings. The molecule has 0 amide bonds. The minimum atomic E-state index is -0.677. The lowest BCUT2D eigenvalue weighted by molar-refractivity contribution is 0.578. The van der Waals surface area contributed by atoms with Crippen molar-refractivity contribution in [1.82, 2.24) is 0 Å². The summed E-state index contributed by atoms with van der Waals surface area (Å²) in [6.07, 6.45) is 5.62. The maximum Gasteiger partial charge on any atom is 0.142 e. The fourth-order valence-electron chi connectivity index (χ4n) is 3.24. The number of aliphatic imine (C=N–C) groups is 1. The van der Waals surface area contributed by atoms with Crippen molar-refractivity contribution in [3.8, 4) is 23.0 Å². The number of thiocarbonyl (C=S) groups is 1. The van der Waals surface area contributed by atoms with Crippen LogP contribution in [0, 0.1) is 23.5 Å². The number of rotatable bonds is 3. The topological polar surface area (TPSA) is 12.4 Å². The summed E-state index contributed by atoms with van der Waals surface area (Å²) < 4.78 is 29.1. The van der Waals surface area contributed by atoms with Crippen molar-refractivity contribution in [3.63, 3.8) is 0 Å². The van der Waals surface area contributed by atoms with E-state index in [0.29, 0.717) is 16.8 Å². The van der Waals surface area contributed by atoms with E-state index in [-0.39, 0.29) is 5.56 Å². The highest BCUT2D eigenvalue weighted by Gasteiger charge is 2.12. The van der Waals surface area contributed by atoms with Gasteiger partial charge in [0.2, 0.25) is 0 Å². The summed E-state index contributed by atoms with van der Waals surface area (Å²) in [5.41, 5.74) is 2.88. The average Bonchev–Trinajstić information content (AvgIpc) is 3.40. The fourth-order valence-corrected chi connectivity index (χ4v) is 4.27. The van der Waals surface area contributed by atoms with Crippen LogP contribution >= 0.6 is 23.6 Å². The molecule has 5 heteroatoms. The standard InChI is InChI=1S/C24H15F2NS2/c25-22-13-18(16-5-7-19(8-6-16)27-15-28)14-23(26)21(22)11-9-20-10-12-24(29-20)17-3-1-2-4-17/h3,5-8,10,12-14H,1-2,4H2. The van der Waals surface area contributed by atoms with Gasteiger partial charge in [0.15, 0.2) is 0 Å². The molecule has 0 unspecified atom stereocenters. The van der Waals surface area contributed by atoms with Crippen LogP contribution in [-0.2, 0) is 0 Å². The number of hydrogen-bond donors (Lipinski definition) is 0. The highest BCUT2D eigenvalue weighted by atomic mass is 32.1. The highest BCUT2D eigenvalue weighted by molar-refractivity contribution is 7.78. The molecule has 0 radical (unpaired) electrons. The molecule has 142 valence electrons. The van der Waals surface area contributed by atoms with Gasteiger partial charge in [-0.05, 0) is 84.6 Å². The van der Waals surface area contributed by atoms with Crippen molar-refractivity contribution >= 4 is 40.0 Å². The third kappa shape index (κ3) is 4.41. The third-order valence-corrected chi connectivity index (χ3v) is 5.86. The number of halogens is 2. The Hall–Kier alpha value is -2.90. The second kappa shape index (κ2) is 8.63. The van der Waals surface area contributed by atoms with Crippen LogP contribution in [0.4, 0.5) is 14.5 Å². The van der Waals surface area contributed by atoms with E-state index in [9.17, 15) is 8.78 Å². The summed E-state index contributed by atoms with van der Waals surface area (Å²) in [6, 6.07) is 13.4. The van der Waals surface area contributed by atoms with Gasteiger partial charge in [0, 0.05) is 4.88 Å². The number of thiophene rings is 1. The smallest absolute Gasteiger partial charge is 0.142 e. The van der Waals surface area contributed by atoms with Gasteiger partial charge in [-0.15, -0.1) is 11.3 Å². The molecular weight excluding hydrogens is 404 g/mol. The predicted molar refractivity (Wildman–Crippen MR) is 119 cm³/mol. The lowest BCUT2D eigenvalue weighted by Gasteiger charge is -2.05. The van der Waals surface area contributed by atoms with Gasteiger partial charge in [0.05, 0.1) is 21.3 Å². The Morgan fingerprint density at radius 2 is 1.69 bits per heavy atom. The van der Waals surface area contributed by atoms with Crippen LogP contribution in [0.2, 0.25) is 0 Å². The van der Waals surface area contributed by atoms with E-state index in [1.807, 2.05) is 12.1 Å². The Balaban J connectivity index is 1.60. The van der Waals surface area contributed by atoms with E-state index in [2.05, 4.69) is 40.3 Å². The Morgan fingerprint density at radius 1 is 0.931 bits per heavy atom. The van der Waals surface area contributed by atoms with Gasteiger partial charge in [0.25, 0.3) is 0 Å². The molecule has 1 nitrogen and oxygen atoms in total. The zero-order valence-electron chi connectivity index (χ0n) is 15.3. The summed E-state index contributed by atoms with van der Waals surface area (Å²) in [4.78, 5) is 5.85. The molecule has 29 heavy (non-hydrogen) atoms. The van der Waals surface area contributed by atoms with Crippen LogP contribution in [0.15, 0.2) is 59.6 Å². The first-order valence-corrected chi connectivity index (χ1v) is 10.3. The summed E-state index contributed by atoms with van der Waals surface area (Å²) in [7, 11) is 0. The Labute approximate surface area is 177 Å². The van der Waals surface area contributed by atoms with Crippen molar-refractivity contribution in [2.24, 2.45) is 4.99 Å². The molecule has 1 heterocycles. The monoisotopic (exact) mass is 419 g/mol. The van der Waals surface area contributed by atoms with E-state index in [0.717, 1.165) is 17.7 Å². The number of nitrogens with zero attached hydrogens (tertiary/aromatic N) is 1. The molecule has 0 spiro atoms. The number of benzene rings is 2. The summed E-state index contributed by atoms with van der Waals surface area (Å²) >= 11 is 6.13. The second-order valence-corrected chi connectivity index (χ2v) is 7.87. The summed E-state index contributed by atoms with van der Waals surface area (Å²) in [5, 5.41) is 2.28. The van der Waals surface area contributed by atoms with Gasteiger partial charge in [-0.2, -0.15) is 4.99 Å². The first kappa shape index (κ1) is 19.4. The molecule has 0 bridgehead atoms. The maximum atomic E-state index is 14.6. The van der Waals surface area contributed by atoms with Crippen LogP contribution in [0.3, 0.4) is 0 Å². The van der Waals surface area contributed by atoms with Crippen molar-refractivity contribution in [3.05, 3.63) is 81.6 Å².